The smallest absolute Gasteiger partial charge is 0.219 e. The zero-order valence-corrected chi connectivity index (χ0v) is 11.2. The van der Waals surface area contributed by atoms with Gasteiger partial charge in [0.05, 0.1) is 0 Å². The van der Waals surface area contributed by atoms with Crippen LogP contribution in [0.1, 0.15) is 25.5 Å². The van der Waals surface area contributed by atoms with Gasteiger partial charge in [-0.25, -0.2) is 0 Å². The molecule has 1 fully saturated rings. The highest BCUT2D eigenvalue weighted by atomic mass is 16.2. The second-order valence-electron chi connectivity index (χ2n) is 4.90. The molecule has 2 heterocycles. The lowest BCUT2D eigenvalue weighted by Crippen LogP contribution is -2.39. The fraction of sp³-hybridized carbons (Fsp3) is 0.500. The first-order valence-electron chi connectivity index (χ1n) is 6.62. The number of hydrogen-bond acceptors (Lipinski definition) is 4. The fourth-order valence-corrected chi connectivity index (χ4v) is 2.51. The molecule has 1 saturated heterocycles. The van der Waals surface area contributed by atoms with Gasteiger partial charge in [-0.1, -0.05) is 6.07 Å². The van der Waals surface area contributed by atoms with Gasteiger partial charge in [0.25, 0.3) is 0 Å². The van der Waals surface area contributed by atoms with Crippen molar-refractivity contribution < 1.29 is 4.79 Å². The lowest BCUT2D eigenvalue weighted by molar-refractivity contribution is -0.129. The van der Waals surface area contributed by atoms with E-state index in [2.05, 4.69) is 10.1 Å². The number of nitrogens with zero attached hydrogens (tertiary/aromatic N) is 3. The minimum atomic E-state index is 0.148. The number of pyridine rings is 1. The van der Waals surface area contributed by atoms with Crippen LogP contribution in [0.4, 0.5) is 0 Å². The van der Waals surface area contributed by atoms with Gasteiger partial charge in [-0.15, -0.1) is 0 Å². The molecule has 2 rings (SSSR count). The molecule has 5 heteroatoms. The number of carbonyl (C=O) groups is 1. The molecule has 1 amide bonds. The standard InChI is InChI=1S/C14H20N4O/c1-11(19)18-8-5-12(6-9-18)14(17-15)10-13-4-2-3-7-16-13/h2-4,7,12H,5-6,8-10,15H2,1H3/b17-14+. The van der Waals surface area contributed by atoms with Gasteiger partial charge in [0.1, 0.15) is 0 Å². The van der Waals surface area contributed by atoms with E-state index in [0.717, 1.165) is 37.3 Å². The number of aromatic nitrogens is 1. The average Bonchev–Trinajstić information content (AvgIpc) is 2.46. The zero-order valence-electron chi connectivity index (χ0n) is 11.2. The summed E-state index contributed by atoms with van der Waals surface area (Å²) < 4.78 is 0. The van der Waals surface area contributed by atoms with Crippen LogP contribution in [0.15, 0.2) is 29.5 Å². The summed E-state index contributed by atoms with van der Waals surface area (Å²) in [7, 11) is 0. The Bertz CT molecular complexity index is 450. The first-order valence-corrected chi connectivity index (χ1v) is 6.62. The van der Waals surface area contributed by atoms with E-state index in [-0.39, 0.29) is 5.91 Å². The van der Waals surface area contributed by atoms with Gasteiger partial charge < -0.3 is 10.7 Å². The van der Waals surface area contributed by atoms with Crippen LogP contribution in [0.2, 0.25) is 0 Å². The summed E-state index contributed by atoms with van der Waals surface area (Å²) in [6, 6.07) is 5.85. The zero-order chi connectivity index (χ0) is 13.7. The van der Waals surface area contributed by atoms with E-state index in [4.69, 9.17) is 5.84 Å². The van der Waals surface area contributed by atoms with Gasteiger partial charge >= 0.3 is 0 Å². The number of rotatable bonds is 3. The van der Waals surface area contributed by atoms with E-state index < -0.39 is 0 Å². The van der Waals surface area contributed by atoms with E-state index in [9.17, 15) is 4.79 Å². The summed E-state index contributed by atoms with van der Waals surface area (Å²) in [6.07, 6.45) is 4.34. The van der Waals surface area contributed by atoms with Crippen molar-refractivity contribution in [3.63, 3.8) is 0 Å². The molecule has 1 aliphatic heterocycles. The van der Waals surface area contributed by atoms with Crippen LogP contribution < -0.4 is 5.84 Å². The van der Waals surface area contributed by atoms with Crippen LogP contribution in [-0.4, -0.2) is 34.6 Å². The number of amides is 1. The predicted molar refractivity (Wildman–Crippen MR) is 74.5 cm³/mol. The van der Waals surface area contributed by atoms with Gasteiger partial charge in [0, 0.05) is 50.0 Å². The Morgan fingerprint density at radius 3 is 2.74 bits per heavy atom. The van der Waals surface area contributed by atoms with Crippen LogP contribution in [0.3, 0.4) is 0 Å². The monoisotopic (exact) mass is 260 g/mol. The summed E-state index contributed by atoms with van der Waals surface area (Å²) in [5.41, 5.74) is 1.97. The Kier molecular flexibility index (Phi) is 4.49. The number of hydrazone groups is 1. The quantitative estimate of drug-likeness (QED) is 0.504. The number of hydrogen-bond donors (Lipinski definition) is 1. The first-order chi connectivity index (χ1) is 9.20. The van der Waals surface area contributed by atoms with Crippen molar-refractivity contribution in [1.29, 1.82) is 0 Å². The third kappa shape index (κ3) is 3.53. The molecule has 0 aliphatic carbocycles. The van der Waals surface area contributed by atoms with Gasteiger partial charge in [-0.2, -0.15) is 5.10 Å². The largest absolute Gasteiger partial charge is 0.343 e. The van der Waals surface area contributed by atoms with Crippen LogP contribution >= 0.6 is 0 Å². The molecule has 0 radical (unpaired) electrons. The lowest BCUT2D eigenvalue weighted by atomic mass is 9.89. The Morgan fingerprint density at radius 1 is 1.47 bits per heavy atom. The minimum Gasteiger partial charge on any atom is -0.343 e. The van der Waals surface area contributed by atoms with Crippen molar-refractivity contribution in [2.45, 2.75) is 26.2 Å². The van der Waals surface area contributed by atoms with Gasteiger partial charge in [0.2, 0.25) is 5.91 Å². The third-order valence-corrected chi connectivity index (χ3v) is 3.67. The van der Waals surface area contributed by atoms with E-state index in [1.165, 1.54) is 0 Å². The van der Waals surface area contributed by atoms with Crippen LogP contribution in [0, 0.1) is 5.92 Å². The number of carbonyl (C=O) groups excluding carboxylic acids is 1. The van der Waals surface area contributed by atoms with Crippen molar-refractivity contribution in [2.75, 3.05) is 13.1 Å². The summed E-state index contributed by atoms with van der Waals surface area (Å²) in [6.45, 7) is 3.20. The molecule has 1 aliphatic rings. The van der Waals surface area contributed by atoms with Gasteiger partial charge in [0.15, 0.2) is 0 Å². The highest BCUT2D eigenvalue weighted by molar-refractivity contribution is 5.88. The third-order valence-electron chi connectivity index (χ3n) is 3.67. The van der Waals surface area contributed by atoms with E-state index in [1.807, 2.05) is 23.1 Å². The SMILES string of the molecule is CC(=O)N1CCC(/C(Cc2ccccn2)=N/N)CC1. The second kappa shape index (κ2) is 6.31. The molecule has 19 heavy (non-hydrogen) atoms. The van der Waals surface area contributed by atoms with Crippen LogP contribution in [0.25, 0.3) is 0 Å². The van der Waals surface area contributed by atoms with Crippen molar-refractivity contribution in [3.05, 3.63) is 30.1 Å². The molecule has 1 aromatic heterocycles. The predicted octanol–water partition coefficient (Wildman–Crippen LogP) is 1.20. The Labute approximate surface area is 113 Å². The first kappa shape index (κ1) is 13.5. The highest BCUT2D eigenvalue weighted by Gasteiger charge is 2.24. The Hall–Kier alpha value is -1.91. The van der Waals surface area contributed by atoms with Crippen molar-refractivity contribution in [2.24, 2.45) is 16.9 Å². The molecular formula is C14H20N4O. The molecule has 0 atom stereocenters. The molecule has 0 spiro atoms. The molecule has 0 aromatic carbocycles. The van der Waals surface area contributed by atoms with Crippen molar-refractivity contribution in [1.82, 2.24) is 9.88 Å². The maximum atomic E-state index is 11.3. The van der Waals surface area contributed by atoms with Crippen LogP contribution in [0.5, 0.6) is 0 Å². The molecule has 0 bridgehead atoms. The number of piperidine rings is 1. The second-order valence-corrected chi connectivity index (χ2v) is 4.90. The molecule has 5 nitrogen and oxygen atoms in total. The molecular weight excluding hydrogens is 240 g/mol. The van der Waals surface area contributed by atoms with Gasteiger partial charge in [-0.3, -0.25) is 9.78 Å². The molecule has 102 valence electrons. The normalized spacial score (nSPS) is 17.5. The topological polar surface area (TPSA) is 71.6 Å². The summed E-state index contributed by atoms with van der Waals surface area (Å²) in [5.74, 6) is 6.04. The highest BCUT2D eigenvalue weighted by Crippen LogP contribution is 2.20. The van der Waals surface area contributed by atoms with Crippen molar-refractivity contribution in [3.8, 4) is 0 Å². The maximum Gasteiger partial charge on any atom is 0.219 e. The Morgan fingerprint density at radius 2 is 2.21 bits per heavy atom. The summed E-state index contributed by atoms with van der Waals surface area (Å²) in [4.78, 5) is 17.5. The van der Waals surface area contributed by atoms with E-state index >= 15 is 0 Å². The van der Waals surface area contributed by atoms with Crippen LogP contribution in [-0.2, 0) is 11.2 Å². The number of likely N-dealkylation sites (tertiary alicyclic amines) is 1. The van der Waals surface area contributed by atoms with Gasteiger partial charge in [-0.05, 0) is 25.0 Å². The summed E-state index contributed by atoms with van der Waals surface area (Å²) in [5, 5.41) is 3.95. The lowest BCUT2D eigenvalue weighted by Gasteiger charge is -2.31. The van der Waals surface area contributed by atoms with E-state index in [1.54, 1.807) is 13.1 Å². The molecule has 2 N–H and O–H groups in total. The number of nitrogens with two attached hydrogens (primary N) is 1. The van der Waals surface area contributed by atoms with E-state index in [0.29, 0.717) is 12.3 Å². The summed E-state index contributed by atoms with van der Waals surface area (Å²) >= 11 is 0. The molecule has 0 unspecified atom stereocenters. The fourth-order valence-electron chi connectivity index (χ4n) is 2.51. The average molecular weight is 260 g/mol. The minimum absolute atomic E-state index is 0.148. The maximum absolute atomic E-state index is 11.3. The van der Waals surface area contributed by atoms with Crippen molar-refractivity contribution >= 4 is 11.6 Å². The Balaban J connectivity index is 1.95. The molecule has 1 aromatic rings. The molecule has 0 saturated carbocycles.